The van der Waals surface area contributed by atoms with Gasteiger partial charge < -0.3 is 11.1 Å². The number of urea groups is 1. The summed E-state index contributed by atoms with van der Waals surface area (Å²) in [5.41, 5.74) is 10.6. The van der Waals surface area contributed by atoms with E-state index in [0.717, 1.165) is 35.1 Å². The number of carbonyl (C=O) groups is 1. The molecule has 1 fully saturated rings. The molecule has 5 rings (SSSR count). The molecule has 1 aliphatic rings. The monoisotopic (exact) mass is 446 g/mol. The highest BCUT2D eigenvalue weighted by molar-refractivity contribution is 5.91. The zero-order valence-electron chi connectivity index (χ0n) is 18.0. The van der Waals surface area contributed by atoms with Gasteiger partial charge in [-0.05, 0) is 66.8 Å². The summed E-state index contributed by atoms with van der Waals surface area (Å²) in [7, 11) is 0. The fourth-order valence-electron chi connectivity index (χ4n) is 4.01. The molecule has 0 radical (unpaired) electrons. The van der Waals surface area contributed by atoms with Crippen LogP contribution in [0.3, 0.4) is 0 Å². The van der Waals surface area contributed by atoms with Crippen molar-refractivity contribution in [3.05, 3.63) is 77.7 Å². The van der Waals surface area contributed by atoms with Crippen molar-refractivity contribution < 1.29 is 14.0 Å². The summed E-state index contributed by atoms with van der Waals surface area (Å²) in [6.45, 7) is 2.38. The van der Waals surface area contributed by atoms with Crippen LogP contribution in [-0.2, 0) is 4.84 Å². The number of anilines is 2. The Morgan fingerprint density at radius 3 is 2.76 bits per heavy atom. The molecule has 9 heteroatoms. The molecule has 3 N–H and O–H groups in total. The maximum absolute atomic E-state index is 13.4. The molecule has 33 heavy (non-hydrogen) atoms. The molecule has 1 unspecified atom stereocenters. The maximum atomic E-state index is 13.4. The summed E-state index contributed by atoms with van der Waals surface area (Å²) >= 11 is 0. The Hall–Kier alpha value is -3.98. The molecule has 3 heterocycles. The molecule has 1 aliphatic heterocycles. The van der Waals surface area contributed by atoms with E-state index in [9.17, 15) is 9.18 Å². The highest BCUT2D eigenvalue weighted by Gasteiger charge is 2.30. The summed E-state index contributed by atoms with van der Waals surface area (Å²) in [6.07, 6.45) is 3.39. The predicted molar refractivity (Wildman–Crippen MR) is 123 cm³/mol. The lowest BCUT2D eigenvalue weighted by Gasteiger charge is -2.34. The van der Waals surface area contributed by atoms with Gasteiger partial charge in [0.25, 0.3) is 0 Å². The van der Waals surface area contributed by atoms with Crippen molar-refractivity contribution in [1.29, 1.82) is 0 Å². The first-order valence-electron chi connectivity index (χ1n) is 10.7. The van der Waals surface area contributed by atoms with Gasteiger partial charge in [0, 0.05) is 17.4 Å². The minimum absolute atomic E-state index is 0.209. The van der Waals surface area contributed by atoms with Gasteiger partial charge in [0.15, 0.2) is 5.65 Å². The van der Waals surface area contributed by atoms with Crippen molar-refractivity contribution in [3.8, 4) is 11.1 Å². The Balaban J connectivity index is 1.40. The third-order valence-corrected chi connectivity index (χ3v) is 5.75. The third kappa shape index (κ3) is 4.22. The van der Waals surface area contributed by atoms with Crippen molar-refractivity contribution >= 4 is 23.3 Å². The number of nitrogens with two attached hydrogens (primary N) is 1. The molecule has 0 spiro atoms. The van der Waals surface area contributed by atoms with Gasteiger partial charge >= 0.3 is 6.03 Å². The predicted octanol–water partition coefficient (Wildman–Crippen LogP) is 4.73. The average Bonchev–Trinajstić information content (AvgIpc) is 3.20. The van der Waals surface area contributed by atoms with Gasteiger partial charge in [0.1, 0.15) is 5.82 Å². The second-order valence-corrected chi connectivity index (χ2v) is 8.02. The number of nitrogen functional groups attached to an aromatic ring is 1. The highest BCUT2D eigenvalue weighted by Crippen LogP contribution is 2.32. The van der Waals surface area contributed by atoms with Crippen LogP contribution in [0, 0.1) is 12.7 Å². The molecular formula is C24H23FN6O2. The fraction of sp³-hybridized carbons (Fsp3) is 0.208. The van der Waals surface area contributed by atoms with Crippen molar-refractivity contribution in [2.75, 3.05) is 17.7 Å². The van der Waals surface area contributed by atoms with Crippen LogP contribution in [0.2, 0.25) is 0 Å². The molecule has 8 nitrogen and oxygen atoms in total. The zero-order chi connectivity index (χ0) is 22.9. The van der Waals surface area contributed by atoms with Crippen LogP contribution in [0.25, 0.3) is 16.8 Å². The minimum Gasteiger partial charge on any atom is -0.366 e. The van der Waals surface area contributed by atoms with Gasteiger partial charge in [-0.2, -0.15) is 10.0 Å². The van der Waals surface area contributed by atoms with E-state index in [2.05, 4.69) is 15.4 Å². The number of hydrogen-bond donors (Lipinski definition) is 2. The van der Waals surface area contributed by atoms with E-state index < -0.39 is 0 Å². The average molecular weight is 446 g/mol. The van der Waals surface area contributed by atoms with Crippen LogP contribution in [0.15, 0.2) is 60.8 Å². The highest BCUT2D eigenvalue weighted by atomic mass is 19.1. The van der Waals surface area contributed by atoms with Crippen LogP contribution in [0.4, 0.5) is 20.8 Å². The Morgan fingerprint density at radius 2 is 1.94 bits per heavy atom. The number of aromatic nitrogens is 3. The lowest BCUT2D eigenvalue weighted by molar-refractivity contribution is -0.168. The third-order valence-electron chi connectivity index (χ3n) is 5.75. The molecule has 2 aromatic carbocycles. The SMILES string of the molecule is Cc1ccc(-c2ccc3nc(N)nn3c2)cc1NC(=O)N1OCCCC1c1ccc(F)cc1. The topological polar surface area (TPSA) is 97.8 Å². The largest absolute Gasteiger partial charge is 0.366 e. The molecule has 0 bridgehead atoms. The van der Waals surface area contributed by atoms with Crippen molar-refractivity contribution in [2.24, 2.45) is 0 Å². The van der Waals surface area contributed by atoms with Crippen LogP contribution in [-0.4, -0.2) is 32.3 Å². The number of halogens is 1. The van der Waals surface area contributed by atoms with Gasteiger partial charge in [-0.25, -0.2) is 13.7 Å². The number of nitrogens with zero attached hydrogens (tertiary/aromatic N) is 4. The number of aryl methyl sites for hydroxylation is 1. The molecule has 0 aliphatic carbocycles. The second-order valence-electron chi connectivity index (χ2n) is 8.02. The fourth-order valence-corrected chi connectivity index (χ4v) is 4.01. The molecule has 2 amide bonds. The van der Waals surface area contributed by atoms with Crippen molar-refractivity contribution in [3.63, 3.8) is 0 Å². The van der Waals surface area contributed by atoms with Gasteiger partial charge in [0.2, 0.25) is 5.95 Å². The minimum atomic E-state index is -0.372. The number of hydrogen-bond acceptors (Lipinski definition) is 5. The first kappa shape index (κ1) is 20.9. The quantitative estimate of drug-likeness (QED) is 0.474. The summed E-state index contributed by atoms with van der Waals surface area (Å²) in [5, 5.41) is 8.49. The van der Waals surface area contributed by atoms with E-state index in [4.69, 9.17) is 10.6 Å². The number of fused-ring (bicyclic) bond motifs is 1. The van der Waals surface area contributed by atoms with E-state index in [-0.39, 0.29) is 23.8 Å². The van der Waals surface area contributed by atoms with Gasteiger partial charge in [0.05, 0.1) is 12.6 Å². The van der Waals surface area contributed by atoms with Crippen LogP contribution in [0.5, 0.6) is 0 Å². The molecule has 2 aromatic heterocycles. The van der Waals surface area contributed by atoms with Gasteiger partial charge in [-0.1, -0.05) is 24.3 Å². The second kappa shape index (κ2) is 8.51. The lowest BCUT2D eigenvalue weighted by Crippen LogP contribution is -2.41. The Bertz CT molecular complexity index is 1320. The van der Waals surface area contributed by atoms with Crippen LogP contribution in [0.1, 0.15) is 30.0 Å². The lowest BCUT2D eigenvalue weighted by atomic mass is 10.0. The Kier molecular flexibility index (Phi) is 5.39. The number of hydroxylamine groups is 2. The molecule has 0 saturated carbocycles. The van der Waals surface area contributed by atoms with Crippen LogP contribution >= 0.6 is 0 Å². The van der Waals surface area contributed by atoms with E-state index in [0.29, 0.717) is 17.9 Å². The number of benzene rings is 2. The van der Waals surface area contributed by atoms with E-state index in [1.807, 2.05) is 43.5 Å². The number of rotatable bonds is 3. The number of pyridine rings is 1. The standard InChI is InChI=1S/C24H23FN6O2/c1-15-4-5-17(18-8-11-22-28-23(26)29-30(22)14-18)13-20(15)27-24(32)31-21(3-2-12-33-31)16-6-9-19(25)10-7-16/h4-11,13-14,21H,2-3,12H2,1H3,(H2,26,29)(H,27,32). The first-order valence-corrected chi connectivity index (χ1v) is 10.7. The van der Waals surface area contributed by atoms with E-state index in [1.165, 1.54) is 17.2 Å². The van der Waals surface area contributed by atoms with Gasteiger partial charge in [-0.3, -0.25) is 4.84 Å². The zero-order valence-corrected chi connectivity index (χ0v) is 18.0. The van der Waals surface area contributed by atoms with Crippen LogP contribution < -0.4 is 11.1 Å². The first-order chi connectivity index (χ1) is 16.0. The maximum Gasteiger partial charge on any atom is 0.346 e. The number of amides is 2. The van der Waals surface area contributed by atoms with Gasteiger partial charge in [-0.15, -0.1) is 5.10 Å². The summed E-state index contributed by atoms with van der Waals surface area (Å²) < 4.78 is 15.0. The Morgan fingerprint density at radius 1 is 1.15 bits per heavy atom. The normalized spacial score (nSPS) is 16.2. The number of carbonyl (C=O) groups excluding carboxylic acids is 1. The smallest absolute Gasteiger partial charge is 0.346 e. The summed E-state index contributed by atoms with van der Waals surface area (Å²) in [4.78, 5) is 23.0. The summed E-state index contributed by atoms with van der Waals surface area (Å²) in [6, 6.07) is 15.1. The van der Waals surface area contributed by atoms with Crippen molar-refractivity contribution in [2.45, 2.75) is 25.8 Å². The molecule has 4 aromatic rings. The summed E-state index contributed by atoms with van der Waals surface area (Å²) in [5.74, 6) is -0.105. The molecule has 168 valence electrons. The molecule has 1 atom stereocenters. The molecular weight excluding hydrogens is 423 g/mol. The van der Waals surface area contributed by atoms with E-state index >= 15 is 0 Å². The Labute approximate surface area is 189 Å². The number of nitrogens with one attached hydrogen (secondary N) is 1. The molecule has 1 saturated heterocycles. The van der Waals surface area contributed by atoms with Crippen molar-refractivity contribution in [1.82, 2.24) is 19.7 Å². The van der Waals surface area contributed by atoms with E-state index in [1.54, 1.807) is 16.6 Å².